The summed E-state index contributed by atoms with van der Waals surface area (Å²) >= 11 is 0. The van der Waals surface area contributed by atoms with Gasteiger partial charge in [0.25, 0.3) is 5.91 Å². The second kappa shape index (κ2) is 4.59. The van der Waals surface area contributed by atoms with E-state index in [4.69, 9.17) is 0 Å². The Kier molecular flexibility index (Phi) is 2.60. The van der Waals surface area contributed by atoms with Gasteiger partial charge in [-0.15, -0.1) is 0 Å². The molecule has 0 aliphatic carbocycles. The molecule has 4 nitrogen and oxygen atoms in total. The normalized spacial score (nSPS) is 16.6. The monoisotopic (exact) mass is 275 g/mol. The first-order chi connectivity index (χ1) is 10.3. The fraction of sp³-hybridized carbons (Fsp3) is 0.0588. The van der Waals surface area contributed by atoms with E-state index in [1.807, 2.05) is 54.7 Å². The summed E-state index contributed by atoms with van der Waals surface area (Å²) in [4.78, 5) is 16.3. The molecule has 1 amide bonds. The number of fused-ring (bicyclic) bond motifs is 2. The Labute approximate surface area is 121 Å². The highest BCUT2D eigenvalue weighted by molar-refractivity contribution is 6.05. The van der Waals surface area contributed by atoms with Crippen molar-refractivity contribution in [2.45, 2.75) is 6.04 Å². The van der Waals surface area contributed by atoms with Crippen LogP contribution in [-0.4, -0.2) is 10.9 Å². The van der Waals surface area contributed by atoms with E-state index in [1.54, 1.807) is 6.20 Å². The summed E-state index contributed by atoms with van der Waals surface area (Å²) in [6.45, 7) is 0. The minimum atomic E-state index is -0.361. The maximum Gasteiger partial charge on any atom is 0.251 e. The molecular formula is C17H13N3O. The third-order valence-electron chi connectivity index (χ3n) is 3.77. The molecule has 3 aromatic rings. The molecule has 0 radical (unpaired) electrons. The van der Waals surface area contributed by atoms with Crippen LogP contribution in [0.1, 0.15) is 11.6 Å². The second-order valence-corrected chi connectivity index (χ2v) is 5.06. The van der Waals surface area contributed by atoms with Gasteiger partial charge in [0, 0.05) is 40.1 Å². The number of nitrogens with one attached hydrogen (secondary N) is 2. The quantitative estimate of drug-likeness (QED) is 0.754. The van der Waals surface area contributed by atoms with E-state index in [2.05, 4.69) is 15.6 Å². The predicted octanol–water partition coefficient (Wildman–Crippen LogP) is 3.34. The fourth-order valence-corrected chi connectivity index (χ4v) is 2.76. The zero-order chi connectivity index (χ0) is 14.2. The zero-order valence-corrected chi connectivity index (χ0v) is 11.2. The second-order valence-electron chi connectivity index (χ2n) is 5.06. The lowest BCUT2D eigenvalue weighted by molar-refractivity contribution is -0.116. The van der Waals surface area contributed by atoms with E-state index >= 15 is 0 Å². The Morgan fingerprint density at radius 1 is 1.05 bits per heavy atom. The molecule has 0 spiro atoms. The average molecular weight is 275 g/mol. The topological polar surface area (TPSA) is 54.0 Å². The molecule has 4 heteroatoms. The molecule has 0 bridgehead atoms. The van der Waals surface area contributed by atoms with Gasteiger partial charge in [0.1, 0.15) is 6.04 Å². The Morgan fingerprint density at radius 3 is 2.90 bits per heavy atom. The van der Waals surface area contributed by atoms with Crippen molar-refractivity contribution in [3.63, 3.8) is 0 Å². The number of amides is 1. The number of benzene rings is 2. The summed E-state index contributed by atoms with van der Waals surface area (Å²) in [7, 11) is 0. The van der Waals surface area contributed by atoms with Gasteiger partial charge in [0.15, 0.2) is 0 Å². The molecule has 1 aromatic heterocycles. The van der Waals surface area contributed by atoms with Gasteiger partial charge in [-0.1, -0.05) is 30.3 Å². The van der Waals surface area contributed by atoms with E-state index < -0.39 is 0 Å². The minimum absolute atomic E-state index is 0.0257. The molecular weight excluding hydrogens is 262 g/mol. The van der Waals surface area contributed by atoms with Crippen LogP contribution in [0.3, 0.4) is 0 Å². The van der Waals surface area contributed by atoms with Crippen molar-refractivity contribution >= 4 is 28.1 Å². The lowest BCUT2D eigenvalue weighted by atomic mass is 10.1. The molecule has 2 N–H and O–H groups in total. The van der Waals surface area contributed by atoms with E-state index in [1.165, 1.54) is 0 Å². The largest absolute Gasteiger partial charge is 0.370 e. The number of hydrogen-bond donors (Lipinski definition) is 2. The molecule has 2 heterocycles. The van der Waals surface area contributed by atoms with Crippen LogP contribution in [-0.2, 0) is 4.79 Å². The SMILES string of the molecule is O=C1Nc2ccccc2C1Nc1cccc2cnccc12. The van der Waals surface area contributed by atoms with Crippen molar-refractivity contribution < 1.29 is 4.79 Å². The minimum Gasteiger partial charge on any atom is -0.370 e. The van der Waals surface area contributed by atoms with Gasteiger partial charge in [0.2, 0.25) is 0 Å². The van der Waals surface area contributed by atoms with E-state index in [0.29, 0.717) is 0 Å². The lowest BCUT2D eigenvalue weighted by Crippen LogP contribution is -2.19. The van der Waals surface area contributed by atoms with Crippen LogP contribution in [0, 0.1) is 0 Å². The molecule has 102 valence electrons. The summed E-state index contributed by atoms with van der Waals surface area (Å²) < 4.78 is 0. The molecule has 0 fully saturated rings. The third-order valence-corrected chi connectivity index (χ3v) is 3.77. The highest BCUT2D eigenvalue weighted by Crippen LogP contribution is 2.34. The molecule has 2 aromatic carbocycles. The summed E-state index contributed by atoms with van der Waals surface area (Å²) in [5, 5.41) is 8.36. The number of aromatic nitrogens is 1. The summed E-state index contributed by atoms with van der Waals surface area (Å²) in [6.07, 6.45) is 3.58. The number of pyridine rings is 1. The van der Waals surface area contributed by atoms with E-state index in [0.717, 1.165) is 27.7 Å². The highest BCUT2D eigenvalue weighted by atomic mass is 16.2. The van der Waals surface area contributed by atoms with Gasteiger partial charge in [-0.3, -0.25) is 9.78 Å². The molecule has 1 unspecified atom stereocenters. The van der Waals surface area contributed by atoms with Gasteiger partial charge in [-0.25, -0.2) is 0 Å². The first-order valence-corrected chi connectivity index (χ1v) is 6.82. The maximum atomic E-state index is 12.2. The Morgan fingerprint density at radius 2 is 1.95 bits per heavy atom. The molecule has 1 atom stereocenters. The molecule has 1 aliphatic rings. The number of hydrogen-bond acceptors (Lipinski definition) is 3. The predicted molar refractivity (Wildman–Crippen MR) is 83.2 cm³/mol. The van der Waals surface area contributed by atoms with Crippen molar-refractivity contribution in [3.05, 3.63) is 66.5 Å². The van der Waals surface area contributed by atoms with Crippen molar-refractivity contribution in [3.8, 4) is 0 Å². The number of anilines is 2. The number of nitrogens with zero attached hydrogens (tertiary/aromatic N) is 1. The van der Waals surface area contributed by atoms with Crippen LogP contribution < -0.4 is 10.6 Å². The summed E-state index contributed by atoms with van der Waals surface area (Å²) in [6, 6.07) is 15.3. The van der Waals surface area contributed by atoms with Crippen LogP contribution in [0.2, 0.25) is 0 Å². The third kappa shape index (κ3) is 1.92. The summed E-state index contributed by atoms with van der Waals surface area (Å²) in [5.41, 5.74) is 2.79. The lowest BCUT2D eigenvalue weighted by Gasteiger charge is -2.15. The van der Waals surface area contributed by atoms with Gasteiger partial charge in [-0.05, 0) is 18.2 Å². The van der Waals surface area contributed by atoms with Crippen LogP contribution in [0.25, 0.3) is 10.8 Å². The van der Waals surface area contributed by atoms with Gasteiger partial charge in [-0.2, -0.15) is 0 Å². The van der Waals surface area contributed by atoms with Crippen LogP contribution in [0.5, 0.6) is 0 Å². The molecule has 0 saturated carbocycles. The smallest absolute Gasteiger partial charge is 0.251 e. The van der Waals surface area contributed by atoms with Crippen molar-refractivity contribution in [2.75, 3.05) is 10.6 Å². The van der Waals surface area contributed by atoms with Gasteiger partial charge < -0.3 is 10.6 Å². The van der Waals surface area contributed by atoms with Crippen molar-refractivity contribution in [1.29, 1.82) is 0 Å². The molecule has 1 aliphatic heterocycles. The summed E-state index contributed by atoms with van der Waals surface area (Å²) in [5.74, 6) is -0.0257. The van der Waals surface area contributed by atoms with Crippen molar-refractivity contribution in [2.24, 2.45) is 0 Å². The number of rotatable bonds is 2. The Balaban J connectivity index is 1.77. The maximum absolute atomic E-state index is 12.2. The Bertz CT molecular complexity index is 839. The van der Waals surface area contributed by atoms with Crippen LogP contribution in [0.15, 0.2) is 60.9 Å². The fourth-order valence-electron chi connectivity index (χ4n) is 2.76. The zero-order valence-electron chi connectivity index (χ0n) is 11.2. The first-order valence-electron chi connectivity index (χ1n) is 6.82. The van der Waals surface area contributed by atoms with Crippen LogP contribution >= 0.6 is 0 Å². The number of para-hydroxylation sites is 1. The molecule has 4 rings (SSSR count). The standard InChI is InChI=1S/C17H13N3O/c21-17-16(13-5-1-2-6-15(13)20-17)19-14-7-3-4-11-10-18-9-8-12(11)14/h1-10,16,19H,(H,20,21). The van der Waals surface area contributed by atoms with Crippen molar-refractivity contribution in [1.82, 2.24) is 4.98 Å². The molecule has 21 heavy (non-hydrogen) atoms. The van der Waals surface area contributed by atoms with E-state index in [-0.39, 0.29) is 11.9 Å². The number of carbonyl (C=O) groups excluding carboxylic acids is 1. The Hall–Kier alpha value is -2.88. The molecule has 0 saturated heterocycles. The van der Waals surface area contributed by atoms with Crippen LogP contribution in [0.4, 0.5) is 11.4 Å². The first kappa shape index (κ1) is 11.9. The average Bonchev–Trinajstić information content (AvgIpc) is 2.84. The van der Waals surface area contributed by atoms with Gasteiger partial charge in [0.05, 0.1) is 0 Å². The van der Waals surface area contributed by atoms with Gasteiger partial charge >= 0.3 is 0 Å². The highest BCUT2D eigenvalue weighted by Gasteiger charge is 2.30. The van der Waals surface area contributed by atoms with E-state index in [9.17, 15) is 4.79 Å². The number of carbonyl (C=O) groups is 1.